The first kappa shape index (κ1) is 12.7. The molecular weight excluding hydrogens is 234 g/mol. The van der Waals surface area contributed by atoms with E-state index in [1.807, 2.05) is 0 Å². The average Bonchev–Trinajstić information content (AvgIpc) is 2.70. The minimum Gasteiger partial charge on any atom is -0.481 e. The minimum atomic E-state index is -1.01. The van der Waals surface area contributed by atoms with Gasteiger partial charge in [0.1, 0.15) is 12.2 Å². The fourth-order valence-corrected chi connectivity index (χ4v) is 2.16. The summed E-state index contributed by atoms with van der Waals surface area (Å²) in [5, 5.41) is 11.6. The van der Waals surface area contributed by atoms with Crippen molar-refractivity contribution in [2.75, 3.05) is 6.54 Å². The molecule has 0 radical (unpaired) electrons. The van der Waals surface area contributed by atoms with E-state index < -0.39 is 5.97 Å². The summed E-state index contributed by atoms with van der Waals surface area (Å²) in [7, 11) is 0. The minimum absolute atomic E-state index is 0.201. The van der Waals surface area contributed by atoms with Gasteiger partial charge in [0.05, 0.1) is 11.8 Å². The topological polar surface area (TPSA) is 79.5 Å². The number of carbonyl (C=O) groups is 2. The number of amides is 1. The first-order chi connectivity index (χ1) is 8.50. The zero-order valence-electron chi connectivity index (χ0n) is 10.4. The van der Waals surface area contributed by atoms with Crippen molar-refractivity contribution in [3.63, 3.8) is 0 Å². The third kappa shape index (κ3) is 2.72. The molecular formula is C13H17NO4. The molecule has 1 aliphatic carbocycles. The SMILES string of the molecule is CC1(CNC(=O)c2ccoc2CC(=O)O)CCC1. The zero-order chi connectivity index (χ0) is 13.2. The van der Waals surface area contributed by atoms with Crippen molar-refractivity contribution in [1.29, 1.82) is 0 Å². The van der Waals surface area contributed by atoms with Crippen molar-refractivity contribution < 1.29 is 19.1 Å². The van der Waals surface area contributed by atoms with Crippen LogP contribution in [0.2, 0.25) is 0 Å². The molecule has 1 amide bonds. The maximum absolute atomic E-state index is 11.9. The van der Waals surface area contributed by atoms with Gasteiger partial charge in [0.15, 0.2) is 0 Å². The van der Waals surface area contributed by atoms with Crippen molar-refractivity contribution in [2.45, 2.75) is 32.6 Å². The molecule has 98 valence electrons. The van der Waals surface area contributed by atoms with Crippen molar-refractivity contribution in [2.24, 2.45) is 5.41 Å². The molecule has 1 aromatic heterocycles. The molecule has 5 nitrogen and oxygen atoms in total. The number of hydrogen-bond donors (Lipinski definition) is 2. The fourth-order valence-electron chi connectivity index (χ4n) is 2.16. The van der Waals surface area contributed by atoms with E-state index in [0.717, 1.165) is 12.8 Å². The van der Waals surface area contributed by atoms with Crippen LogP contribution in [0.25, 0.3) is 0 Å². The fraction of sp³-hybridized carbons (Fsp3) is 0.538. The highest BCUT2D eigenvalue weighted by molar-refractivity contribution is 5.96. The maximum atomic E-state index is 11.9. The number of furan rings is 1. The molecule has 5 heteroatoms. The third-order valence-electron chi connectivity index (χ3n) is 3.54. The van der Waals surface area contributed by atoms with Gasteiger partial charge in [-0.25, -0.2) is 0 Å². The Morgan fingerprint density at radius 3 is 2.78 bits per heavy atom. The van der Waals surface area contributed by atoms with Crippen LogP contribution in [0.4, 0.5) is 0 Å². The molecule has 2 N–H and O–H groups in total. The Morgan fingerprint density at radius 1 is 1.50 bits per heavy atom. The number of carboxylic acid groups (broad SMARTS) is 1. The molecule has 1 heterocycles. The van der Waals surface area contributed by atoms with Crippen LogP contribution in [0.3, 0.4) is 0 Å². The quantitative estimate of drug-likeness (QED) is 0.836. The average molecular weight is 251 g/mol. The predicted molar refractivity (Wildman–Crippen MR) is 64.3 cm³/mol. The molecule has 0 unspecified atom stereocenters. The Morgan fingerprint density at radius 2 is 2.22 bits per heavy atom. The van der Waals surface area contributed by atoms with Gasteiger partial charge in [0.25, 0.3) is 5.91 Å². The summed E-state index contributed by atoms with van der Waals surface area (Å²) in [5.41, 5.74) is 0.520. The summed E-state index contributed by atoms with van der Waals surface area (Å²) in [6.45, 7) is 2.77. The third-order valence-corrected chi connectivity index (χ3v) is 3.54. The van der Waals surface area contributed by atoms with E-state index >= 15 is 0 Å². The second kappa shape index (κ2) is 4.84. The number of hydrogen-bond acceptors (Lipinski definition) is 3. The number of carboxylic acids is 1. The monoisotopic (exact) mass is 251 g/mol. The van der Waals surface area contributed by atoms with Crippen molar-refractivity contribution >= 4 is 11.9 Å². The van der Waals surface area contributed by atoms with Gasteiger partial charge < -0.3 is 14.8 Å². The van der Waals surface area contributed by atoms with E-state index in [2.05, 4.69) is 12.2 Å². The van der Waals surface area contributed by atoms with Gasteiger partial charge in [-0.05, 0) is 24.3 Å². The van der Waals surface area contributed by atoms with E-state index in [0.29, 0.717) is 12.1 Å². The first-order valence-corrected chi connectivity index (χ1v) is 6.07. The molecule has 0 aliphatic heterocycles. The lowest BCUT2D eigenvalue weighted by atomic mass is 9.70. The Kier molecular flexibility index (Phi) is 3.41. The van der Waals surface area contributed by atoms with Crippen LogP contribution in [0.1, 0.15) is 42.3 Å². The smallest absolute Gasteiger partial charge is 0.311 e. The highest BCUT2D eigenvalue weighted by atomic mass is 16.4. The number of rotatable bonds is 5. The molecule has 1 aromatic rings. The lowest BCUT2D eigenvalue weighted by molar-refractivity contribution is -0.136. The number of aliphatic carboxylic acids is 1. The lowest BCUT2D eigenvalue weighted by Gasteiger charge is -2.38. The molecule has 18 heavy (non-hydrogen) atoms. The summed E-state index contributed by atoms with van der Waals surface area (Å²) in [4.78, 5) is 22.6. The Labute approximate surface area is 105 Å². The summed E-state index contributed by atoms with van der Waals surface area (Å²) in [5.74, 6) is -1.06. The van der Waals surface area contributed by atoms with Crippen LogP contribution in [0.15, 0.2) is 16.7 Å². The van der Waals surface area contributed by atoms with E-state index in [9.17, 15) is 9.59 Å². The van der Waals surface area contributed by atoms with E-state index in [1.165, 1.54) is 18.8 Å². The molecule has 0 atom stereocenters. The summed E-state index contributed by atoms with van der Waals surface area (Å²) >= 11 is 0. The number of carbonyl (C=O) groups excluding carboxylic acids is 1. The molecule has 2 rings (SSSR count). The first-order valence-electron chi connectivity index (χ1n) is 6.07. The van der Waals surface area contributed by atoms with Gasteiger partial charge in [-0.15, -0.1) is 0 Å². The van der Waals surface area contributed by atoms with Crippen LogP contribution in [0, 0.1) is 5.41 Å². The lowest BCUT2D eigenvalue weighted by Crippen LogP contribution is -2.40. The second-order valence-electron chi connectivity index (χ2n) is 5.17. The normalized spacial score (nSPS) is 16.9. The van der Waals surface area contributed by atoms with E-state index in [1.54, 1.807) is 0 Å². The van der Waals surface area contributed by atoms with Gasteiger partial charge in [0, 0.05) is 6.54 Å². The van der Waals surface area contributed by atoms with Gasteiger partial charge in [-0.2, -0.15) is 0 Å². The van der Waals surface area contributed by atoms with Crippen molar-refractivity contribution in [1.82, 2.24) is 5.32 Å². The van der Waals surface area contributed by atoms with Gasteiger partial charge in [-0.1, -0.05) is 13.3 Å². The Balaban J connectivity index is 1.96. The van der Waals surface area contributed by atoms with Crippen LogP contribution in [-0.2, 0) is 11.2 Å². The largest absolute Gasteiger partial charge is 0.481 e. The highest BCUT2D eigenvalue weighted by Crippen LogP contribution is 2.39. The maximum Gasteiger partial charge on any atom is 0.311 e. The second-order valence-corrected chi connectivity index (χ2v) is 5.17. The molecule has 1 saturated carbocycles. The van der Waals surface area contributed by atoms with Crippen molar-refractivity contribution in [3.8, 4) is 0 Å². The van der Waals surface area contributed by atoms with Crippen LogP contribution < -0.4 is 5.32 Å². The van der Waals surface area contributed by atoms with Gasteiger partial charge >= 0.3 is 5.97 Å². The van der Waals surface area contributed by atoms with Crippen LogP contribution in [0.5, 0.6) is 0 Å². The standard InChI is InChI=1S/C13H17NO4/c1-13(4-2-5-13)8-14-12(17)9-3-6-18-10(9)7-11(15)16/h3,6H,2,4-5,7-8H2,1H3,(H,14,17)(H,15,16). The van der Waals surface area contributed by atoms with E-state index in [4.69, 9.17) is 9.52 Å². The zero-order valence-corrected chi connectivity index (χ0v) is 10.4. The molecule has 1 aliphatic rings. The molecule has 0 bridgehead atoms. The molecule has 0 aromatic carbocycles. The van der Waals surface area contributed by atoms with E-state index in [-0.39, 0.29) is 23.5 Å². The van der Waals surface area contributed by atoms with Crippen molar-refractivity contribution in [3.05, 3.63) is 23.7 Å². The number of nitrogens with one attached hydrogen (secondary N) is 1. The summed E-state index contributed by atoms with van der Waals surface area (Å²) in [6.07, 6.45) is 4.54. The predicted octanol–water partition coefficient (Wildman–Crippen LogP) is 1.83. The molecule has 0 spiro atoms. The van der Waals surface area contributed by atoms with Gasteiger partial charge in [0.2, 0.25) is 0 Å². The molecule has 0 saturated heterocycles. The highest BCUT2D eigenvalue weighted by Gasteiger charge is 2.32. The van der Waals surface area contributed by atoms with Crippen LogP contribution in [-0.4, -0.2) is 23.5 Å². The van der Waals surface area contributed by atoms with Crippen LogP contribution >= 0.6 is 0 Å². The Bertz CT molecular complexity index is 459. The molecule has 1 fully saturated rings. The van der Waals surface area contributed by atoms with Gasteiger partial charge in [-0.3, -0.25) is 9.59 Å². The summed E-state index contributed by atoms with van der Waals surface area (Å²) in [6, 6.07) is 1.51. The Hall–Kier alpha value is -1.78. The summed E-state index contributed by atoms with van der Waals surface area (Å²) < 4.78 is 5.03.